The largest absolute Gasteiger partial charge is 0.373 e. The van der Waals surface area contributed by atoms with Gasteiger partial charge in [0.1, 0.15) is 17.4 Å². The Bertz CT molecular complexity index is 444. The Morgan fingerprint density at radius 2 is 2.41 bits per heavy atom. The second-order valence-electron chi connectivity index (χ2n) is 3.92. The lowest BCUT2D eigenvalue weighted by atomic mass is 10.1. The number of nitriles is 1. The summed E-state index contributed by atoms with van der Waals surface area (Å²) in [7, 11) is 0. The molecule has 0 aliphatic carbocycles. The molecule has 1 saturated heterocycles. The number of nitrogens with zero attached hydrogens (tertiary/aromatic N) is 2. The number of hydrogen-bond donors (Lipinski definition) is 1. The van der Waals surface area contributed by atoms with Gasteiger partial charge in [0.05, 0.1) is 18.4 Å². The van der Waals surface area contributed by atoms with Gasteiger partial charge in [-0.05, 0) is 12.1 Å². The van der Waals surface area contributed by atoms with Gasteiger partial charge in [0, 0.05) is 19.6 Å². The number of rotatable bonds is 2. The van der Waals surface area contributed by atoms with E-state index in [1.807, 2.05) is 11.0 Å². The van der Waals surface area contributed by atoms with Crippen LogP contribution in [0.3, 0.4) is 0 Å². The van der Waals surface area contributed by atoms with Crippen LogP contribution >= 0.6 is 0 Å². The Balaban J connectivity index is 2.28. The van der Waals surface area contributed by atoms with Crippen molar-refractivity contribution in [1.82, 2.24) is 0 Å². The quantitative estimate of drug-likeness (QED) is 0.826. The van der Waals surface area contributed by atoms with E-state index in [2.05, 4.69) is 0 Å². The molecule has 0 radical (unpaired) electrons. The summed E-state index contributed by atoms with van der Waals surface area (Å²) in [5.41, 5.74) is 6.26. The van der Waals surface area contributed by atoms with Gasteiger partial charge in [-0.1, -0.05) is 6.07 Å². The first kappa shape index (κ1) is 11.8. The van der Waals surface area contributed by atoms with E-state index in [1.54, 1.807) is 12.1 Å². The van der Waals surface area contributed by atoms with Crippen LogP contribution in [-0.2, 0) is 4.74 Å². The average Bonchev–Trinajstić information content (AvgIpc) is 2.38. The highest BCUT2D eigenvalue weighted by molar-refractivity contribution is 5.60. The van der Waals surface area contributed by atoms with Crippen molar-refractivity contribution in [2.24, 2.45) is 5.73 Å². The van der Waals surface area contributed by atoms with Crippen LogP contribution in [0.4, 0.5) is 10.1 Å². The van der Waals surface area contributed by atoms with E-state index < -0.39 is 5.82 Å². The molecule has 1 unspecified atom stereocenters. The molecule has 0 spiro atoms. The summed E-state index contributed by atoms with van der Waals surface area (Å²) in [6, 6.07) is 6.56. The van der Waals surface area contributed by atoms with Crippen molar-refractivity contribution in [2.75, 3.05) is 31.1 Å². The van der Waals surface area contributed by atoms with Crippen LogP contribution in [0.1, 0.15) is 5.56 Å². The second kappa shape index (κ2) is 5.13. The zero-order valence-corrected chi connectivity index (χ0v) is 9.40. The normalized spacial score (nSPS) is 20.1. The summed E-state index contributed by atoms with van der Waals surface area (Å²) in [6.45, 7) is 2.21. The molecular weight excluding hydrogens is 221 g/mol. The van der Waals surface area contributed by atoms with Crippen LogP contribution < -0.4 is 10.6 Å². The number of halogens is 1. The summed E-state index contributed by atoms with van der Waals surface area (Å²) >= 11 is 0. The predicted molar refractivity (Wildman–Crippen MR) is 62.1 cm³/mol. The molecule has 0 aromatic heterocycles. The minimum Gasteiger partial charge on any atom is -0.373 e. The van der Waals surface area contributed by atoms with E-state index in [-0.39, 0.29) is 11.7 Å². The van der Waals surface area contributed by atoms with Crippen LogP contribution in [0.2, 0.25) is 0 Å². The molecule has 1 atom stereocenters. The zero-order valence-electron chi connectivity index (χ0n) is 9.40. The maximum Gasteiger partial charge on any atom is 0.143 e. The van der Waals surface area contributed by atoms with Gasteiger partial charge in [-0.2, -0.15) is 5.26 Å². The molecule has 1 aromatic rings. The molecule has 4 nitrogen and oxygen atoms in total. The lowest BCUT2D eigenvalue weighted by molar-refractivity contribution is 0.0465. The maximum absolute atomic E-state index is 13.5. The van der Waals surface area contributed by atoms with Gasteiger partial charge in [-0.3, -0.25) is 0 Å². The van der Waals surface area contributed by atoms with Gasteiger partial charge in [0.25, 0.3) is 0 Å². The topological polar surface area (TPSA) is 62.3 Å². The van der Waals surface area contributed by atoms with Crippen LogP contribution in [0.25, 0.3) is 0 Å². The molecule has 1 aliphatic rings. The summed E-state index contributed by atoms with van der Waals surface area (Å²) < 4.78 is 18.9. The van der Waals surface area contributed by atoms with Crippen LogP contribution in [0.15, 0.2) is 18.2 Å². The zero-order chi connectivity index (χ0) is 12.3. The number of morpholine rings is 1. The molecule has 1 aliphatic heterocycles. The first-order chi connectivity index (χ1) is 8.26. The Hall–Kier alpha value is -1.64. The number of ether oxygens (including phenoxy) is 1. The van der Waals surface area contributed by atoms with Crippen molar-refractivity contribution in [3.8, 4) is 6.07 Å². The predicted octanol–water partition coefficient (Wildman–Crippen LogP) is 0.861. The lowest BCUT2D eigenvalue weighted by Gasteiger charge is -2.34. The summed E-state index contributed by atoms with van der Waals surface area (Å²) in [5.74, 6) is -0.485. The van der Waals surface area contributed by atoms with Gasteiger partial charge in [-0.15, -0.1) is 0 Å². The lowest BCUT2D eigenvalue weighted by Crippen LogP contribution is -2.46. The third-order valence-electron chi connectivity index (χ3n) is 2.85. The average molecular weight is 235 g/mol. The van der Waals surface area contributed by atoms with Gasteiger partial charge in [0.2, 0.25) is 0 Å². The molecule has 5 heteroatoms. The van der Waals surface area contributed by atoms with Gasteiger partial charge >= 0.3 is 0 Å². The molecule has 0 amide bonds. The fraction of sp³-hybridized carbons (Fsp3) is 0.417. The van der Waals surface area contributed by atoms with Crippen LogP contribution in [0.5, 0.6) is 0 Å². The first-order valence-electron chi connectivity index (χ1n) is 5.51. The minimum atomic E-state index is -0.485. The summed E-state index contributed by atoms with van der Waals surface area (Å²) in [4.78, 5) is 1.95. The number of anilines is 1. The van der Waals surface area contributed by atoms with Crippen molar-refractivity contribution in [2.45, 2.75) is 6.10 Å². The molecule has 17 heavy (non-hydrogen) atoms. The standard InChI is InChI=1S/C12H14FN3O/c13-11-2-1-3-12(10(11)7-15)16-4-5-17-9(6-14)8-16/h1-3,9H,4-6,8,14H2. The highest BCUT2D eigenvalue weighted by Crippen LogP contribution is 2.24. The SMILES string of the molecule is N#Cc1c(F)cccc1N1CCOC(CN)C1. The molecular formula is C12H14FN3O. The van der Waals surface area contributed by atoms with Crippen molar-refractivity contribution in [3.05, 3.63) is 29.6 Å². The molecule has 90 valence electrons. The molecule has 2 rings (SSSR count). The van der Waals surface area contributed by atoms with E-state index in [1.165, 1.54) is 6.07 Å². The van der Waals surface area contributed by atoms with Gasteiger partial charge in [-0.25, -0.2) is 4.39 Å². The Morgan fingerprint density at radius 3 is 3.12 bits per heavy atom. The highest BCUT2D eigenvalue weighted by atomic mass is 19.1. The number of benzene rings is 1. The highest BCUT2D eigenvalue weighted by Gasteiger charge is 2.22. The molecule has 2 N–H and O–H groups in total. The maximum atomic E-state index is 13.5. The fourth-order valence-corrected chi connectivity index (χ4v) is 1.97. The van der Waals surface area contributed by atoms with Crippen molar-refractivity contribution in [3.63, 3.8) is 0 Å². The number of hydrogen-bond acceptors (Lipinski definition) is 4. The number of nitrogens with two attached hydrogens (primary N) is 1. The first-order valence-corrected chi connectivity index (χ1v) is 5.51. The molecule has 1 aromatic carbocycles. The second-order valence-corrected chi connectivity index (χ2v) is 3.92. The fourth-order valence-electron chi connectivity index (χ4n) is 1.97. The molecule has 1 fully saturated rings. The Labute approximate surface area is 99.4 Å². The monoisotopic (exact) mass is 235 g/mol. The summed E-state index contributed by atoms with van der Waals surface area (Å²) in [6.07, 6.45) is -0.0569. The van der Waals surface area contributed by atoms with Crippen molar-refractivity contribution in [1.29, 1.82) is 5.26 Å². The van der Waals surface area contributed by atoms with Gasteiger partial charge in [0.15, 0.2) is 0 Å². The molecule has 1 heterocycles. The van der Waals surface area contributed by atoms with E-state index in [0.717, 1.165) is 0 Å². The Morgan fingerprint density at radius 1 is 1.59 bits per heavy atom. The summed E-state index contributed by atoms with van der Waals surface area (Å²) in [5, 5.41) is 8.98. The van der Waals surface area contributed by atoms with E-state index >= 15 is 0 Å². The minimum absolute atomic E-state index is 0.0569. The van der Waals surface area contributed by atoms with E-state index in [0.29, 0.717) is 31.9 Å². The van der Waals surface area contributed by atoms with E-state index in [9.17, 15) is 4.39 Å². The molecule has 0 bridgehead atoms. The van der Waals surface area contributed by atoms with Crippen molar-refractivity contribution < 1.29 is 9.13 Å². The third kappa shape index (κ3) is 2.38. The third-order valence-corrected chi connectivity index (χ3v) is 2.85. The van der Waals surface area contributed by atoms with Crippen molar-refractivity contribution >= 4 is 5.69 Å². The van der Waals surface area contributed by atoms with E-state index in [4.69, 9.17) is 15.7 Å². The van der Waals surface area contributed by atoms with Crippen LogP contribution in [-0.4, -0.2) is 32.3 Å². The van der Waals surface area contributed by atoms with Gasteiger partial charge < -0.3 is 15.4 Å². The Kier molecular flexibility index (Phi) is 3.57. The van der Waals surface area contributed by atoms with Crippen LogP contribution in [0, 0.1) is 17.1 Å². The molecule has 0 saturated carbocycles. The smallest absolute Gasteiger partial charge is 0.143 e.